The Kier molecular flexibility index (Phi) is 3.97. The minimum Gasteiger partial charge on any atom is -0.338 e. The number of likely N-dealkylation sites (tertiary alicyclic amines) is 1. The van der Waals surface area contributed by atoms with Crippen LogP contribution in [0, 0.1) is 12.8 Å². The summed E-state index contributed by atoms with van der Waals surface area (Å²) in [5.41, 5.74) is 2.10. The van der Waals surface area contributed by atoms with Crippen molar-refractivity contribution in [2.24, 2.45) is 5.92 Å². The van der Waals surface area contributed by atoms with Gasteiger partial charge in [0.25, 0.3) is 5.91 Å². The molecule has 1 aliphatic carbocycles. The first-order chi connectivity index (χ1) is 11.2. The third kappa shape index (κ3) is 3.07. The fourth-order valence-corrected chi connectivity index (χ4v) is 4.24. The van der Waals surface area contributed by atoms with E-state index in [-0.39, 0.29) is 5.91 Å². The number of aromatic nitrogens is 2. The molecule has 2 fully saturated rings. The van der Waals surface area contributed by atoms with Gasteiger partial charge < -0.3 is 9.47 Å². The van der Waals surface area contributed by atoms with Crippen molar-refractivity contribution >= 4 is 17.2 Å². The maximum Gasteiger partial charge on any atom is 0.254 e. The smallest absolute Gasteiger partial charge is 0.254 e. The highest BCUT2D eigenvalue weighted by Gasteiger charge is 2.31. The van der Waals surface area contributed by atoms with Crippen LogP contribution >= 0.6 is 11.3 Å². The van der Waals surface area contributed by atoms with Crippen LogP contribution in [0.1, 0.15) is 53.5 Å². The summed E-state index contributed by atoms with van der Waals surface area (Å²) in [7, 11) is 0. The van der Waals surface area contributed by atoms with E-state index in [0.717, 1.165) is 31.6 Å². The Hall–Kier alpha value is -1.62. The van der Waals surface area contributed by atoms with Gasteiger partial charge in [0.2, 0.25) is 0 Å². The SMILES string of the molecule is Cc1cnc(C2CC2)n1CC1CCCN(C(=O)c2ccsc2)C1. The van der Waals surface area contributed by atoms with Gasteiger partial charge >= 0.3 is 0 Å². The fraction of sp³-hybridized carbons (Fsp3) is 0.556. The first-order valence-corrected chi connectivity index (χ1v) is 9.50. The number of carbonyl (C=O) groups excluding carboxylic acids is 1. The maximum absolute atomic E-state index is 12.6. The number of hydrogen-bond acceptors (Lipinski definition) is 3. The average molecular weight is 329 g/mol. The molecule has 2 aliphatic rings. The monoisotopic (exact) mass is 329 g/mol. The van der Waals surface area contributed by atoms with Gasteiger partial charge in [-0.1, -0.05) is 0 Å². The standard InChI is InChI=1S/C18H23N3OS/c1-13-9-19-17(15-4-5-15)21(13)11-14-3-2-7-20(10-14)18(22)16-6-8-23-12-16/h6,8-9,12,14-15H,2-5,7,10-11H2,1H3. The van der Waals surface area contributed by atoms with E-state index in [4.69, 9.17) is 0 Å². The number of amides is 1. The second-order valence-electron chi connectivity index (χ2n) is 6.91. The normalized spacial score (nSPS) is 21.6. The van der Waals surface area contributed by atoms with E-state index >= 15 is 0 Å². The second-order valence-corrected chi connectivity index (χ2v) is 7.69. The lowest BCUT2D eigenvalue weighted by atomic mass is 9.97. The van der Waals surface area contributed by atoms with Gasteiger partial charge in [0.1, 0.15) is 5.82 Å². The van der Waals surface area contributed by atoms with Crippen LogP contribution in [-0.2, 0) is 6.54 Å². The summed E-state index contributed by atoms with van der Waals surface area (Å²) in [5.74, 6) is 2.68. The van der Waals surface area contributed by atoms with Gasteiger partial charge in [-0.25, -0.2) is 4.98 Å². The molecule has 2 aromatic heterocycles. The molecule has 1 unspecified atom stereocenters. The minimum absolute atomic E-state index is 0.195. The van der Waals surface area contributed by atoms with Crippen molar-refractivity contribution in [2.45, 2.75) is 45.1 Å². The van der Waals surface area contributed by atoms with Crippen LogP contribution in [0.4, 0.5) is 0 Å². The number of rotatable bonds is 4. The van der Waals surface area contributed by atoms with Gasteiger partial charge in [0.15, 0.2) is 0 Å². The Labute approximate surface area is 141 Å². The highest BCUT2D eigenvalue weighted by molar-refractivity contribution is 7.08. The largest absolute Gasteiger partial charge is 0.338 e. The maximum atomic E-state index is 12.6. The Morgan fingerprint density at radius 1 is 1.39 bits per heavy atom. The van der Waals surface area contributed by atoms with Gasteiger partial charge in [-0.2, -0.15) is 11.3 Å². The molecule has 5 heteroatoms. The molecule has 4 nitrogen and oxygen atoms in total. The van der Waals surface area contributed by atoms with Crippen molar-refractivity contribution in [3.05, 3.63) is 40.1 Å². The van der Waals surface area contributed by atoms with Crippen molar-refractivity contribution in [2.75, 3.05) is 13.1 Å². The molecule has 2 aromatic rings. The second kappa shape index (κ2) is 6.11. The van der Waals surface area contributed by atoms with E-state index in [2.05, 4.69) is 16.5 Å². The van der Waals surface area contributed by atoms with Crippen LogP contribution in [0.25, 0.3) is 0 Å². The molecule has 23 heavy (non-hydrogen) atoms. The van der Waals surface area contributed by atoms with Crippen molar-refractivity contribution < 1.29 is 4.79 Å². The predicted octanol–water partition coefficient (Wildman–Crippen LogP) is 3.68. The van der Waals surface area contributed by atoms with E-state index in [0.29, 0.717) is 11.8 Å². The number of imidazole rings is 1. The molecule has 0 N–H and O–H groups in total. The zero-order valence-corrected chi connectivity index (χ0v) is 14.4. The Morgan fingerprint density at radius 3 is 3.00 bits per heavy atom. The summed E-state index contributed by atoms with van der Waals surface area (Å²) in [5, 5.41) is 3.93. The summed E-state index contributed by atoms with van der Waals surface area (Å²) in [6, 6.07) is 1.93. The van der Waals surface area contributed by atoms with Gasteiger partial charge in [0, 0.05) is 42.8 Å². The number of hydrogen-bond donors (Lipinski definition) is 0. The molecule has 4 rings (SSSR count). The van der Waals surface area contributed by atoms with Gasteiger partial charge in [0.05, 0.1) is 5.56 Å². The van der Waals surface area contributed by atoms with Crippen LogP contribution in [0.2, 0.25) is 0 Å². The quantitative estimate of drug-likeness (QED) is 0.858. The Bertz CT molecular complexity index is 687. The van der Waals surface area contributed by atoms with Crippen LogP contribution in [0.15, 0.2) is 23.0 Å². The van der Waals surface area contributed by atoms with Gasteiger partial charge in [-0.05, 0) is 50.0 Å². The molecule has 1 saturated heterocycles. The zero-order chi connectivity index (χ0) is 15.8. The summed E-state index contributed by atoms with van der Waals surface area (Å²) in [6.07, 6.45) is 6.88. The summed E-state index contributed by atoms with van der Waals surface area (Å²) < 4.78 is 2.40. The van der Waals surface area contributed by atoms with Crippen LogP contribution in [-0.4, -0.2) is 33.4 Å². The summed E-state index contributed by atoms with van der Waals surface area (Å²) in [6.45, 7) is 4.92. The van der Waals surface area contributed by atoms with Crippen molar-refractivity contribution in [3.8, 4) is 0 Å². The Morgan fingerprint density at radius 2 is 2.26 bits per heavy atom. The van der Waals surface area contributed by atoms with Crippen molar-refractivity contribution in [1.82, 2.24) is 14.5 Å². The molecule has 1 saturated carbocycles. The molecule has 1 aliphatic heterocycles. The summed E-state index contributed by atoms with van der Waals surface area (Å²) in [4.78, 5) is 19.2. The molecule has 1 atom stereocenters. The molecule has 3 heterocycles. The molecule has 122 valence electrons. The van der Waals surface area contributed by atoms with E-state index < -0.39 is 0 Å². The molecule has 0 spiro atoms. The van der Waals surface area contributed by atoms with E-state index in [1.165, 1.54) is 30.8 Å². The highest BCUT2D eigenvalue weighted by Crippen LogP contribution is 2.40. The van der Waals surface area contributed by atoms with Crippen LogP contribution < -0.4 is 0 Å². The van der Waals surface area contributed by atoms with Crippen LogP contribution in [0.3, 0.4) is 0 Å². The topological polar surface area (TPSA) is 38.1 Å². The van der Waals surface area contributed by atoms with Crippen molar-refractivity contribution in [3.63, 3.8) is 0 Å². The molecule has 1 amide bonds. The fourth-order valence-electron chi connectivity index (χ4n) is 3.61. The lowest BCUT2D eigenvalue weighted by molar-refractivity contribution is 0.0662. The molecule has 0 bridgehead atoms. The highest BCUT2D eigenvalue weighted by atomic mass is 32.1. The zero-order valence-electron chi connectivity index (χ0n) is 13.6. The van der Waals surface area contributed by atoms with Gasteiger partial charge in [-0.3, -0.25) is 4.79 Å². The molecular weight excluding hydrogens is 306 g/mol. The number of aryl methyl sites for hydroxylation is 1. The van der Waals surface area contributed by atoms with E-state index in [1.54, 1.807) is 11.3 Å². The molecule has 0 radical (unpaired) electrons. The first kappa shape index (κ1) is 14.9. The first-order valence-electron chi connectivity index (χ1n) is 8.56. The number of carbonyl (C=O) groups is 1. The van der Waals surface area contributed by atoms with Crippen molar-refractivity contribution in [1.29, 1.82) is 0 Å². The van der Waals surface area contributed by atoms with Gasteiger partial charge in [-0.15, -0.1) is 0 Å². The predicted molar refractivity (Wildman–Crippen MR) is 91.9 cm³/mol. The van der Waals surface area contributed by atoms with E-state index in [1.807, 2.05) is 27.9 Å². The minimum atomic E-state index is 0.195. The molecule has 0 aromatic carbocycles. The van der Waals surface area contributed by atoms with E-state index in [9.17, 15) is 4.79 Å². The number of piperidine rings is 1. The number of thiophene rings is 1. The average Bonchev–Trinajstić information content (AvgIpc) is 3.13. The van der Waals surface area contributed by atoms with Crippen LogP contribution in [0.5, 0.6) is 0 Å². The molecular formula is C18H23N3OS. The lowest BCUT2D eigenvalue weighted by Gasteiger charge is -2.33. The third-order valence-electron chi connectivity index (χ3n) is 5.04. The third-order valence-corrected chi connectivity index (χ3v) is 5.73. The number of nitrogens with zero attached hydrogens (tertiary/aromatic N) is 3. The summed E-state index contributed by atoms with van der Waals surface area (Å²) >= 11 is 1.59. The lowest BCUT2D eigenvalue weighted by Crippen LogP contribution is -2.41. The Balaban J connectivity index is 1.46.